The van der Waals surface area contributed by atoms with Gasteiger partial charge in [0.15, 0.2) is 5.82 Å². The van der Waals surface area contributed by atoms with Gasteiger partial charge in [-0.15, -0.1) is 0 Å². The highest BCUT2D eigenvalue weighted by molar-refractivity contribution is 6.03. The van der Waals surface area contributed by atoms with Crippen LogP contribution in [0.25, 0.3) is 0 Å². The van der Waals surface area contributed by atoms with E-state index in [1.165, 1.54) is 6.20 Å². The fraction of sp³-hybridized carbons (Fsp3) is 0.442. The maximum absolute atomic E-state index is 12.5. The highest BCUT2D eigenvalue weighted by Gasteiger charge is 2.17. The highest BCUT2D eigenvalue weighted by atomic mass is 16.5. The minimum absolute atomic E-state index is 0.0710. The molecular formula is C43H70N14O8. The summed E-state index contributed by atoms with van der Waals surface area (Å²) < 4.78 is 11.6. The molecule has 4 aromatic rings. The number of amides is 5. The van der Waals surface area contributed by atoms with Gasteiger partial charge < -0.3 is 64.6 Å². The molecule has 0 saturated heterocycles. The lowest BCUT2D eigenvalue weighted by molar-refractivity contribution is -0.120. The maximum Gasteiger partial charge on any atom is 0.374 e. The van der Waals surface area contributed by atoms with Gasteiger partial charge in [0.2, 0.25) is 24.6 Å². The zero-order valence-electron chi connectivity index (χ0n) is 40.1. The van der Waals surface area contributed by atoms with Crippen LogP contribution in [0.15, 0.2) is 60.1 Å². The van der Waals surface area contributed by atoms with Crippen LogP contribution in [0.2, 0.25) is 0 Å². The van der Waals surface area contributed by atoms with Gasteiger partial charge in [0, 0.05) is 118 Å². The summed E-state index contributed by atoms with van der Waals surface area (Å²) in [7, 11) is 10.7. The number of anilines is 3. The van der Waals surface area contributed by atoms with E-state index >= 15 is 0 Å². The lowest BCUT2D eigenvalue weighted by atomic mass is 10.3. The standard InChI is InChI=1S/C20H28N8O3.C8H13N3O2.C7H10N2O.C4H7NO2.2C2H6/c1-6-26(3)13-16(21-2)25-17(29)7-8-23-19(30)15-11-14(12-28(15)5)24-20(31)18-22-9-10-27(18)4;1-4-13-8(12)7-10-6(9-2)5-11(7)3;1-6-3-7(8-5-10)4-9(6)2;6-3-1-2-5-4-7;2*1-2/h9-13H,2,6-8H2,1,3-5H3,(H,23,30)(H,24,31)(H,25,29);5,9H,4H2,1-3H3;3-5H,1-2H3,(H,8,10);3-4H,1-2H2,(H,5,7);2*1-2H3/b16-13+;;;;;. The minimum Gasteiger partial charge on any atom is -0.460 e. The molecule has 0 aliphatic heterocycles. The number of nitrogens with one attached hydrogen (secondary N) is 6. The Hall–Kier alpha value is -7.52. The summed E-state index contributed by atoms with van der Waals surface area (Å²) in [5.74, 6) is 0.137. The second-order valence-electron chi connectivity index (χ2n) is 12.6. The van der Waals surface area contributed by atoms with Crippen molar-refractivity contribution in [3.63, 3.8) is 0 Å². The molecule has 6 N–H and O–H groups in total. The van der Waals surface area contributed by atoms with E-state index in [-0.39, 0.29) is 36.5 Å². The van der Waals surface area contributed by atoms with E-state index in [9.17, 15) is 33.6 Å². The van der Waals surface area contributed by atoms with Crippen molar-refractivity contribution in [3.05, 3.63) is 78.2 Å². The lowest BCUT2D eigenvalue weighted by Crippen LogP contribution is -2.31. The molecule has 0 saturated carbocycles. The molecule has 4 heterocycles. The summed E-state index contributed by atoms with van der Waals surface area (Å²) in [5, 5.41) is 15.8. The molecule has 5 amide bonds. The topological polar surface area (TPSA) is 262 Å². The van der Waals surface area contributed by atoms with E-state index in [2.05, 4.69) is 53.6 Å². The number of carbonyl (C=O) groups is 7. The Morgan fingerprint density at radius 1 is 0.862 bits per heavy atom. The fourth-order valence-electron chi connectivity index (χ4n) is 4.62. The molecule has 360 valence electrons. The molecule has 0 bridgehead atoms. The van der Waals surface area contributed by atoms with Gasteiger partial charge in [-0.25, -0.2) is 19.8 Å². The number of hydrogen-bond donors (Lipinski definition) is 6. The average molecular weight is 911 g/mol. The first-order valence-corrected chi connectivity index (χ1v) is 20.8. The quantitative estimate of drug-likeness (QED) is 0.0341. The monoisotopic (exact) mass is 911 g/mol. The molecule has 22 heteroatoms. The van der Waals surface area contributed by atoms with E-state index in [0.717, 1.165) is 24.2 Å². The normalized spacial score (nSPS) is 9.65. The number of esters is 1. The third kappa shape index (κ3) is 23.5. The van der Waals surface area contributed by atoms with Crippen molar-refractivity contribution in [1.82, 2.24) is 49.1 Å². The number of aryl methyl sites for hydroxylation is 5. The van der Waals surface area contributed by atoms with Crippen LogP contribution in [0.4, 0.5) is 17.2 Å². The van der Waals surface area contributed by atoms with Gasteiger partial charge in [0.25, 0.3) is 11.8 Å². The van der Waals surface area contributed by atoms with Gasteiger partial charge >= 0.3 is 5.97 Å². The Morgan fingerprint density at radius 3 is 2.02 bits per heavy atom. The molecule has 0 spiro atoms. The molecule has 0 unspecified atom stereocenters. The van der Waals surface area contributed by atoms with Crippen LogP contribution in [0.1, 0.15) is 91.8 Å². The van der Waals surface area contributed by atoms with Crippen LogP contribution in [0.5, 0.6) is 0 Å². The van der Waals surface area contributed by atoms with Crippen LogP contribution in [0, 0.1) is 6.92 Å². The predicted molar refractivity (Wildman–Crippen MR) is 254 cm³/mol. The first-order chi connectivity index (χ1) is 31.1. The van der Waals surface area contributed by atoms with E-state index in [1.54, 1.807) is 79.7 Å². The third-order valence-electron chi connectivity index (χ3n) is 8.00. The summed E-state index contributed by atoms with van der Waals surface area (Å²) >= 11 is 0. The molecule has 4 rings (SSSR count). The molecule has 65 heavy (non-hydrogen) atoms. The van der Waals surface area contributed by atoms with Crippen LogP contribution < -0.4 is 31.9 Å². The van der Waals surface area contributed by atoms with Gasteiger partial charge in [0.05, 0.1) is 18.0 Å². The number of aromatic nitrogens is 6. The number of rotatable bonds is 19. The van der Waals surface area contributed by atoms with Gasteiger partial charge in [-0.1, -0.05) is 27.7 Å². The number of aldehydes is 1. The number of carbonyl (C=O) groups excluding carboxylic acids is 7. The average Bonchev–Trinajstić information content (AvgIpc) is 4.08. The molecule has 0 atom stereocenters. The Balaban J connectivity index is 0. The zero-order chi connectivity index (χ0) is 49.9. The van der Waals surface area contributed by atoms with Crippen molar-refractivity contribution in [2.45, 2.75) is 61.3 Å². The van der Waals surface area contributed by atoms with Crippen LogP contribution >= 0.6 is 0 Å². The van der Waals surface area contributed by atoms with Crippen molar-refractivity contribution in [1.29, 1.82) is 0 Å². The van der Waals surface area contributed by atoms with E-state index < -0.39 is 5.97 Å². The van der Waals surface area contributed by atoms with Gasteiger partial charge in [-0.2, -0.15) is 0 Å². The number of aliphatic imine (C=N–C) groups is 1. The minimum atomic E-state index is -0.397. The molecule has 22 nitrogen and oxygen atoms in total. The molecule has 0 aromatic carbocycles. The van der Waals surface area contributed by atoms with Gasteiger partial charge in [-0.3, -0.25) is 24.0 Å². The van der Waals surface area contributed by atoms with E-state index in [0.29, 0.717) is 61.2 Å². The smallest absolute Gasteiger partial charge is 0.374 e. The second-order valence-corrected chi connectivity index (χ2v) is 12.6. The Morgan fingerprint density at radius 2 is 1.52 bits per heavy atom. The fourth-order valence-corrected chi connectivity index (χ4v) is 4.62. The number of nitrogens with zero attached hydrogens (tertiary/aromatic N) is 8. The molecular weight excluding hydrogens is 841 g/mol. The first kappa shape index (κ1) is 59.6. The van der Waals surface area contributed by atoms with Crippen LogP contribution in [-0.4, -0.2) is 123 Å². The summed E-state index contributed by atoms with van der Waals surface area (Å²) in [6.07, 6.45) is 12.6. The van der Waals surface area contributed by atoms with Crippen molar-refractivity contribution in [2.24, 2.45) is 33.2 Å². The Kier molecular flexibility index (Phi) is 32.1. The molecule has 0 radical (unpaired) electrons. The van der Waals surface area contributed by atoms with Gasteiger partial charge in [-0.05, 0) is 39.6 Å². The Labute approximate surface area is 382 Å². The predicted octanol–water partition coefficient (Wildman–Crippen LogP) is 3.61. The van der Waals surface area contributed by atoms with E-state index in [1.807, 2.05) is 77.4 Å². The van der Waals surface area contributed by atoms with Crippen molar-refractivity contribution in [2.75, 3.05) is 56.3 Å². The number of hydrogen-bond acceptors (Lipinski definition) is 13. The largest absolute Gasteiger partial charge is 0.460 e. The third-order valence-corrected chi connectivity index (χ3v) is 8.00. The summed E-state index contributed by atoms with van der Waals surface area (Å²) in [4.78, 5) is 90.6. The summed E-state index contributed by atoms with van der Waals surface area (Å²) in [6.45, 7) is 18.9. The lowest BCUT2D eigenvalue weighted by Gasteiger charge is -2.12. The molecule has 0 fully saturated rings. The highest BCUT2D eigenvalue weighted by Crippen LogP contribution is 2.14. The SMILES string of the molecule is C=N/C(=C\N(C)CC)NC(=O)CCNC(=O)c1cc(NC(=O)c2nccn2C)cn1C.CC.CC.CCOC(=O)c1nc(NC)cn1C.Cc1cc(NC=O)cn1C.O=CCCNC=O. The first-order valence-electron chi connectivity index (χ1n) is 20.8. The molecule has 0 aliphatic rings. The second kappa shape index (κ2) is 35.0. The van der Waals surface area contributed by atoms with Crippen LogP contribution in [0.3, 0.4) is 0 Å². The number of ether oxygens (including phenoxy) is 1. The molecule has 0 aliphatic carbocycles. The van der Waals surface area contributed by atoms with Crippen molar-refractivity contribution in [3.8, 4) is 0 Å². The van der Waals surface area contributed by atoms with Crippen molar-refractivity contribution < 1.29 is 38.3 Å². The van der Waals surface area contributed by atoms with Crippen LogP contribution in [-0.2, 0) is 52.1 Å². The van der Waals surface area contributed by atoms with E-state index in [4.69, 9.17) is 4.74 Å². The van der Waals surface area contributed by atoms with Gasteiger partial charge in [0.1, 0.15) is 23.6 Å². The molecule has 4 aromatic heterocycles. The Bertz CT molecular complexity index is 2050. The number of imidazole rings is 2. The zero-order valence-corrected chi connectivity index (χ0v) is 40.1. The summed E-state index contributed by atoms with van der Waals surface area (Å²) in [5.41, 5.74) is 2.78. The van der Waals surface area contributed by atoms with Crippen molar-refractivity contribution >= 4 is 66.7 Å². The maximum atomic E-state index is 12.5. The summed E-state index contributed by atoms with van der Waals surface area (Å²) in [6, 6.07) is 3.47.